The Morgan fingerprint density at radius 2 is 1.78 bits per heavy atom. The molecule has 0 aliphatic carbocycles. The van der Waals surface area contributed by atoms with Crippen LogP contribution in [0.15, 0.2) is 24.3 Å². The van der Waals surface area contributed by atoms with Gasteiger partial charge in [-0.15, -0.1) is 0 Å². The highest BCUT2D eigenvalue weighted by Crippen LogP contribution is 2.16. The maximum Gasteiger partial charge on any atom is 0.279 e. The van der Waals surface area contributed by atoms with Gasteiger partial charge in [0.2, 0.25) is 0 Å². The number of amides is 1. The Hall–Kier alpha value is -1.35. The van der Waals surface area contributed by atoms with Gasteiger partial charge in [0.1, 0.15) is 0 Å². The number of carbonyl (C=O) groups is 1. The number of quaternary nitrogens is 1. The summed E-state index contributed by atoms with van der Waals surface area (Å²) in [6.45, 7) is 4.89. The molecule has 0 aromatic heterocycles. The minimum atomic E-state index is 0.128. The lowest BCUT2D eigenvalue weighted by atomic mass is 10.1. The Balaban J connectivity index is 1.90. The largest absolute Gasteiger partial charge is 0.321 e. The summed E-state index contributed by atoms with van der Waals surface area (Å²) in [5.74, 6) is 0.128. The van der Waals surface area contributed by atoms with Gasteiger partial charge in [0.15, 0.2) is 6.54 Å². The smallest absolute Gasteiger partial charge is 0.279 e. The Kier molecular flexibility index (Phi) is 4.02. The van der Waals surface area contributed by atoms with E-state index in [2.05, 4.69) is 12.4 Å². The zero-order valence-corrected chi connectivity index (χ0v) is 11.4. The Labute approximate surface area is 109 Å². The third-order valence-corrected chi connectivity index (χ3v) is 3.76. The minimum Gasteiger partial charge on any atom is -0.321 e. The van der Waals surface area contributed by atoms with Crippen LogP contribution in [-0.4, -0.2) is 37.1 Å². The van der Waals surface area contributed by atoms with Crippen molar-refractivity contribution in [3.8, 4) is 0 Å². The van der Waals surface area contributed by atoms with E-state index in [0.717, 1.165) is 23.3 Å². The zero-order chi connectivity index (χ0) is 13.0. The average Bonchev–Trinajstić information content (AvgIpc) is 2.32. The molecule has 3 nitrogen and oxygen atoms in total. The van der Waals surface area contributed by atoms with Gasteiger partial charge in [0, 0.05) is 5.69 Å². The van der Waals surface area contributed by atoms with Crippen LogP contribution in [0.2, 0.25) is 0 Å². The van der Waals surface area contributed by atoms with Crippen molar-refractivity contribution < 1.29 is 9.28 Å². The monoisotopic (exact) mass is 247 g/mol. The van der Waals surface area contributed by atoms with E-state index in [1.54, 1.807) is 0 Å². The molecular formula is C15H23N2O+. The van der Waals surface area contributed by atoms with Crippen LogP contribution in [0.5, 0.6) is 0 Å². The van der Waals surface area contributed by atoms with E-state index in [-0.39, 0.29) is 5.91 Å². The van der Waals surface area contributed by atoms with Crippen molar-refractivity contribution in [3.63, 3.8) is 0 Å². The van der Waals surface area contributed by atoms with E-state index in [1.807, 2.05) is 31.2 Å². The zero-order valence-electron chi connectivity index (χ0n) is 11.4. The molecule has 1 fully saturated rings. The van der Waals surface area contributed by atoms with Crippen molar-refractivity contribution in [2.24, 2.45) is 0 Å². The molecule has 0 unspecified atom stereocenters. The maximum atomic E-state index is 12.0. The van der Waals surface area contributed by atoms with Gasteiger partial charge in [-0.3, -0.25) is 4.79 Å². The van der Waals surface area contributed by atoms with Crippen molar-refractivity contribution >= 4 is 11.6 Å². The Morgan fingerprint density at radius 3 is 2.39 bits per heavy atom. The second kappa shape index (κ2) is 5.53. The predicted octanol–water partition coefficient (Wildman–Crippen LogP) is 2.56. The van der Waals surface area contributed by atoms with Crippen molar-refractivity contribution in [1.82, 2.24) is 0 Å². The molecule has 1 aromatic carbocycles. The van der Waals surface area contributed by atoms with Crippen LogP contribution in [0.1, 0.15) is 24.8 Å². The molecule has 0 atom stereocenters. The van der Waals surface area contributed by atoms with Gasteiger partial charge in [0.05, 0.1) is 20.1 Å². The number of carbonyl (C=O) groups excluding carboxylic acids is 1. The Morgan fingerprint density at radius 1 is 1.17 bits per heavy atom. The molecule has 3 heteroatoms. The normalized spacial score (nSPS) is 18.3. The first-order valence-electron chi connectivity index (χ1n) is 6.77. The van der Waals surface area contributed by atoms with Crippen LogP contribution in [0.3, 0.4) is 0 Å². The van der Waals surface area contributed by atoms with Gasteiger partial charge in [0.25, 0.3) is 5.91 Å². The number of likely N-dealkylation sites (tertiary alicyclic amines) is 1. The lowest BCUT2D eigenvalue weighted by molar-refractivity contribution is -0.906. The summed E-state index contributed by atoms with van der Waals surface area (Å²) in [4.78, 5) is 12.0. The quantitative estimate of drug-likeness (QED) is 0.817. The van der Waals surface area contributed by atoms with E-state index < -0.39 is 0 Å². The molecule has 0 spiro atoms. The summed E-state index contributed by atoms with van der Waals surface area (Å²) in [5, 5.41) is 2.99. The van der Waals surface area contributed by atoms with Gasteiger partial charge in [-0.2, -0.15) is 0 Å². The number of nitrogens with one attached hydrogen (secondary N) is 1. The number of benzene rings is 1. The molecule has 1 amide bonds. The fourth-order valence-electron chi connectivity index (χ4n) is 2.62. The van der Waals surface area contributed by atoms with Crippen LogP contribution in [0, 0.1) is 6.92 Å². The minimum absolute atomic E-state index is 0.128. The first kappa shape index (κ1) is 13.1. The van der Waals surface area contributed by atoms with E-state index in [9.17, 15) is 4.79 Å². The van der Waals surface area contributed by atoms with Crippen LogP contribution in [0.25, 0.3) is 0 Å². The van der Waals surface area contributed by atoms with Gasteiger partial charge >= 0.3 is 0 Å². The summed E-state index contributed by atoms with van der Waals surface area (Å²) in [7, 11) is 2.19. The number of anilines is 1. The second-order valence-electron chi connectivity index (χ2n) is 5.70. The van der Waals surface area contributed by atoms with Gasteiger partial charge in [-0.1, -0.05) is 17.7 Å². The molecule has 0 saturated carbocycles. The van der Waals surface area contributed by atoms with Crippen molar-refractivity contribution in [3.05, 3.63) is 29.8 Å². The summed E-state index contributed by atoms with van der Waals surface area (Å²) in [6, 6.07) is 7.96. The van der Waals surface area contributed by atoms with Crippen LogP contribution < -0.4 is 5.32 Å². The summed E-state index contributed by atoms with van der Waals surface area (Å²) >= 11 is 0. The van der Waals surface area contributed by atoms with Crippen LogP contribution >= 0.6 is 0 Å². The maximum absolute atomic E-state index is 12.0. The van der Waals surface area contributed by atoms with Gasteiger partial charge in [-0.05, 0) is 38.3 Å². The third kappa shape index (κ3) is 3.57. The molecule has 1 N–H and O–H groups in total. The molecule has 1 aliphatic rings. The molecule has 1 saturated heterocycles. The lowest BCUT2D eigenvalue weighted by Crippen LogP contribution is -2.51. The van der Waals surface area contributed by atoms with E-state index in [0.29, 0.717) is 6.54 Å². The van der Waals surface area contributed by atoms with Crippen LogP contribution in [-0.2, 0) is 4.79 Å². The SMILES string of the molecule is Cc1ccc(NC(=O)C[N+]2(C)CCCCC2)cc1. The highest BCUT2D eigenvalue weighted by Gasteiger charge is 2.27. The summed E-state index contributed by atoms with van der Waals surface area (Å²) < 4.78 is 0.887. The summed E-state index contributed by atoms with van der Waals surface area (Å²) in [5.41, 5.74) is 2.11. The number of likely N-dealkylation sites (N-methyl/N-ethyl adjacent to an activating group) is 1. The van der Waals surface area contributed by atoms with E-state index in [4.69, 9.17) is 0 Å². The van der Waals surface area contributed by atoms with Crippen molar-refractivity contribution in [2.75, 3.05) is 32.0 Å². The number of hydrogen-bond acceptors (Lipinski definition) is 1. The first-order valence-corrected chi connectivity index (χ1v) is 6.77. The standard InChI is InChI=1S/C15H22N2O/c1-13-6-8-14(9-7-13)16-15(18)12-17(2)10-4-3-5-11-17/h6-9H,3-5,10-12H2,1-2H3/p+1. The number of aryl methyl sites for hydroxylation is 1. The molecule has 0 bridgehead atoms. The predicted molar refractivity (Wildman–Crippen MR) is 74.4 cm³/mol. The number of rotatable bonds is 3. The summed E-state index contributed by atoms with van der Waals surface area (Å²) in [6.07, 6.45) is 3.80. The Bertz CT molecular complexity index is 405. The van der Waals surface area contributed by atoms with Crippen molar-refractivity contribution in [2.45, 2.75) is 26.2 Å². The van der Waals surface area contributed by atoms with Crippen molar-refractivity contribution in [1.29, 1.82) is 0 Å². The molecule has 1 heterocycles. The molecule has 1 aromatic rings. The third-order valence-electron chi connectivity index (χ3n) is 3.76. The van der Waals surface area contributed by atoms with E-state index >= 15 is 0 Å². The number of hydrogen-bond donors (Lipinski definition) is 1. The topological polar surface area (TPSA) is 29.1 Å². The second-order valence-corrected chi connectivity index (χ2v) is 5.70. The molecule has 18 heavy (non-hydrogen) atoms. The molecule has 1 aliphatic heterocycles. The van der Waals surface area contributed by atoms with Gasteiger partial charge < -0.3 is 9.80 Å². The van der Waals surface area contributed by atoms with Gasteiger partial charge in [-0.25, -0.2) is 0 Å². The molecule has 98 valence electrons. The lowest BCUT2D eigenvalue weighted by Gasteiger charge is -2.37. The number of nitrogens with zero attached hydrogens (tertiary/aromatic N) is 1. The fraction of sp³-hybridized carbons (Fsp3) is 0.533. The molecular weight excluding hydrogens is 224 g/mol. The molecule has 0 radical (unpaired) electrons. The number of piperidine rings is 1. The molecule has 2 rings (SSSR count). The fourth-order valence-corrected chi connectivity index (χ4v) is 2.62. The average molecular weight is 247 g/mol. The highest BCUT2D eigenvalue weighted by atomic mass is 16.2. The highest BCUT2D eigenvalue weighted by molar-refractivity contribution is 5.91. The first-order chi connectivity index (χ1) is 8.57. The van der Waals surface area contributed by atoms with Crippen LogP contribution in [0.4, 0.5) is 5.69 Å². The van der Waals surface area contributed by atoms with E-state index in [1.165, 1.54) is 24.8 Å².